The van der Waals surface area contributed by atoms with Crippen molar-refractivity contribution in [3.8, 4) is 17.2 Å². The number of benzene rings is 4. The number of ether oxygens (including phenoxy) is 4. The summed E-state index contributed by atoms with van der Waals surface area (Å²) in [7, 11) is 1.47. The number of aliphatic hydroxyl groups excluding tert-OH is 2. The molecule has 15 heteroatoms. The van der Waals surface area contributed by atoms with E-state index in [-0.39, 0.29) is 61.7 Å². The number of anilines is 1. The van der Waals surface area contributed by atoms with Gasteiger partial charge in [0.1, 0.15) is 28.6 Å². The minimum absolute atomic E-state index is 0.000251. The number of hydrogen-bond donors (Lipinski definition) is 6. The molecule has 8 rings (SSSR count). The largest absolute Gasteiger partial charge is 0.507 e. The highest BCUT2D eigenvalue weighted by Crippen LogP contribution is 2.51. The van der Waals surface area contributed by atoms with Gasteiger partial charge in [0.2, 0.25) is 0 Å². The molecule has 69 heavy (non-hydrogen) atoms. The molecule has 6 N–H and O–H groups in total. The molecule has 1 saturated heterocycles. The molecule has 12 atom stereocenters. The minimum Gasteiger partial charge on any atom is -0.507 e. The van der Waals surface area contributed by atoms with E-state index in [0.29, 0.717) is 12.8 Å². The Morgan fingerprint density at radius 2 is 1.42 bits per heavy atom. The maximum absolute atomic E-state index is 15.0. The predicted octanol–water partition coefficient (Wildman–Crippen LogP) is 6.86. The number of hydrogen-bond acceptors (Lipinski definition) is 14. The van der Waals surface area contributed by atoms with E-state index in [4.69, 9.17) is 28.9 Å². The zero-order valence-corrected chi connectivity index (χ0v) is 40.4. The fourth-order valence-corrected chi connectivity index (χ4v) is 10.4. The van der Waals surface area contributed by atoms with Gasteiger partial charge in [0.05, 0.1) is 40.9 Å². The topological polar surface area (TPSA) is 218 Å². The van der Waals surface area contributed by atoms with Gasteiger partial charge in [-0.25, -0.2) is 0 Å². The molecule has 4 aromatic rings. The lowest BCUT2D eigenvalue weighted by molar-refractivity contribution is -0.160. The molecule has 0 radical (unpaired) electrons. The van der Waals surface area contributed by atoms with Crippen molar-refractivity contribution in [2.75, 3.05) is 12.4 Å². The first kappa shape index (κ1) is 49.0. The van der Waals surface area contributed by atoms with Crippen LogP contribution >= 0.6 is 0 Å². The fourth-order valence-electron chi connectivity index (χ4n) is 10.4. The molecule has 1 spiro atoms. The van der Waals surface area contributed by atoms with Crippen LogP contribution in [0.1, 0.15) is 100 Å². The molecule has 1 amide bonds. The normalized spacial score (nSPS) is 33.3. The van der Waals surface area contributed by atoms with E-state index in [1.54, 1.807) is 65.8 Å². The van der Waals surface area contributed by atoms with Gasteiger partial charge < -0.3 is 50.0 Å². The van der Waals surface area contributed by atoms with E-state index in [1.807, 2.05) is 60.7 Å². The van der Waals surface area contributed by atoms with Gasteiger partial charge in [0.25, 0.3) is 11.7 Å². The van der Waals surface area contributed by atoms with Gasteiger partial charge in [-0.15, -0.1) is 0 Å². The second kappa shape index (κ2) is 19.2. The summed E-state index contributed by atoms with van der Waals surface area (Å²) in [6.07, 6.45) is 4.58. The third kappa shape index (κ3) is 9.04. The first-order valence-electron chi connectivity index (χ1n) is 23.5. The van der Waals surface area contributed by atoms with Crippen molar-refractivity contribution in [1.82, 2.24) is 5.32 Å². The molecule has 0 aliphatic carbocycles. The number of carbonyl (C=O) groups is 3. The Labute approximate surface area is 401 Å². The van der Waals surface area contributed by atoms with Crippen LogP contribution in [0.2, 0.25) is 0 Å². The van der Waals surface area contributed by atoms with Gasteiger partial charge >= 0.3 is 11.8 Å². The lowest BCUT2D eigenvalue weighted by Gasteiger charge is -2.40. The second-order valence-corrected chi connectivity index (χ2v) is 19.3. The van der Waals surface area contributed by atoms with Crippen LogP contribution in [0.5, 0.6) is 17.2 Å². The van der Waals surface area contributed by atoms with Crippen LogP contribution in [-0.2, 0) is 23.8 Å². The number of aromatic hydroxyl groups is 2. The summed E-state index contributed by atoms with van der Waals surface area (Å²) in [5.74, 6) is -7.20. The number of allylic oxidation sites excluding steroid dienone is 2. The molecule has 364 valence electrons. The lowest BCUT2D eigenvalue weighted by Crippen LogP contribution is -2.46. The molecule has 1 unspecified atom stereocenters. The average molecular weight is 943 g/mol. The molecule has 4 heterocycles. The van der Waals surface area contributed by atoms with Crippen molar-refractivity contribution in [3.05, 3.63) is 130 Å². The van der Waals surface area contributed by atoms with Crippen LogP contribution < -0.4 is 26.1 Å². The maximum atomic E-state index is 15.0. The third-order valence-electron chi connectivity index (χ3n) is 14.5. The molecule has 0 aromatic heterocycles. The standard InChI is InChI=1S/C54H62N4O11/c1-27-17-16-18-28(2)52(65)56-44-43-42(57-54(58-43)25-36(34-19-12-10-13-20-34)55-37(26-54)35-21-14-11-15-22-35)39-40(48(44)63)47(62)32(6)50-41(39)51(64)53(8,69-50)67-24-23-38(66-9)29(3)49(68-33(7)59)31(5)46(61)30(4)45(27)60/h10-24,27,29-31,36-38,45-46,49,55,60-63H,25-26H2,1-9H3,(H,56,65)/b17-16+,24-23+,28-18-/t27-,29+,30+,31-,36-,37+,38-,45-,46-,49+,53-,54?/m0/s1. The minimum atomic E-state index is -2.01. The number of carbonyl (C=O) groups excluding carboxylic acids is 3. The van der Waals surface area contributed by atoms with Crippen LogP contribution in [0.3, 0.4) is 0 Å². The Hall–Kier alpha value is -6.39. The number of rotatable bonds is 4. The smallest absolute Gasteiger partial charge is 0.312 e. The Balaban J connectivity index is 1.33. The zero-order valence-electron chi connectivity index (χ0n) is 40.4. The first-order chi connectivity index (χ1) is 32.8. The monoisotopic (exact) mass is 942 g/mol. The summed E-state index contributed by atoms with van der Waals surface area (Å²) in [6.45, 7) is 12.9. The van der Waals surface area contributed by atoms with Gasteiger partial charge in [-0.05, 0) is 31.1 Å². The Kier molecular flexibility index (Phi) is 13.6. The molecule has 4 bridgehead atoms. The number of amides is 1. The third-order valence-corrected chi connectivity index (χ3v) is 14.5. The number of phenols is 2. The van der Waals surface area contributed by atoms with Crippen molar-refractivity contribution in [3.63, 3.8) is 0 Å². The number of fused-ring (bicyclic) bond motifs is 1. The average Bonchev–Trinajstić information content (AvgIpc) is 3.83. The quantitative estimate of drug-likeness (QED) is 0.0914. The number of nitrogens with zero attached hydrogens (tertiary/aromatic N) is 2. The van der Waals surface area contributed by atoms with Crippen LogP contribution in [0.4, 0.5) is 5.69 Å². The fraction of sp³-hybridized carbons (Fsp3) is 0.426. The predicted molar refractivity (Wildman–Crippen MR) is 258 cm³/mol. The van der Waals surface area contributed by atoms with Crippen molar-refractivity contribution in [2.24, 2.45) is 33.7 Å². The van der Waals surface area contributed by atoms with Gasteiger partial charge in [-0.2, -0.15) is 0 Å². The number of methoxy groups -OCH3 is 1. The van der Waals surface area contributed by atoms with Crippen molar-refractivity contribution in [1.29, 1.82) is 0 Å². The zero-order chi connectivity index (χ0) is 49.7. The Bertz CT molecular complexity index is 2840. The number of piperidine rings is 1. The SMILES string of the molecule is CO[C@H]1/C=C/O[C@@]2(C)Oc3c(C)c(O)c4c(O)c(c5c(c4c3C2=O)=NC2(C[C@@H](c3ccccc3)N[C@@H](c3ccccc3)C2)N=5)NC(=O)/C(C)=C\C=C\[C@H](C)[C@H](O)[C@@H](C)[C@H](O)[C@H](C)[C@H](OC(C)=O)[C@@H]1C. The molecule has 4 aliphatic rings. The summed E-state index contributed by atoms with van der Waals surface area (Å²) in [5, 5.41) is 54.6. The van der Waals surface area contributed by atoms with E-state index in [1.165, 1.54) is 27.2 Å². The van der Waals surface area contributed by atoms with Crippen LogP contribution in [0, 0.1) is 30.6 Å². The van der Waals surface area contributed by atoms with E-state index < -0.39 is 88.7 Å². The van der Waals surface area contributed by atoms with Crippen molar-refractivity contribution < 1.29 is 53.8 Å². The highest BCUT2D eigenvalue weighted by atomic mass is 16.7. The number of nitrogens with one attached hydrogen (secondary N) is 2. The number of phenolic OH excluding ortho intramolecular Hbond substituents is 2. The van der Waals surface area contributed by atoms with Crippen molar-refractivity contribution >= 4 is 34.1 Å². The van der Waals surface area contributed by atoms with Crippen LogP contribution in [0.15, 0.2) is 107 Å². The number of aliphatic hydroxyl groups is 2. The number of ketones is 1. The summed E-state index contributed by atoms with van der Waals surface area (Å²) >= 11 is 0. The summed E-state index contributed by atoms with van der Waals surface area (Å²) in [4.78, 5) is 52.5. The van der Waals surface area contributed by atoms with E-state index in [9.17, 15) is 30.0 Å². The number of Topliss-reactive ketones (excluding diaryl/α,β-unsaturated/α-hetero) is 1. The highest BCUT2D eigenvalue weighted by molar-refractivity contribution is 6.19. The second-order valence-electron chi connectivity index (χ2n) is 19.3. The van der Waals surface area contributed by atoms with Gasteiger partial charge in [0, 0.05) is 86.1 Å². The summed E-state index contributed by atoms with van der Waals surface area (Å²) < 4.78 is 24.2. The van der Waals surface area contributed by atoms with Crippen molar-refractivity contribution in [2.45, 2.75) is 116 Å². The molecule has 4 aliphatic heterocycles. The Morgan fingerprint density at radius 1 is 0.812 bits per heavy atom. The molecular formula is C54H62N4O11. The molecule has 4 aromatic carbocycles. The summed E-state index contributed by atoms with van der Waals surface area (Å²) in [6, 6.07) is 19.4. The van der Waals surface area contributed by atoms with Crippen LogP contribution in [-0.4, -0.2) is 81.1 Å². The van der Waals surface area contributed by atoms with Gasteiger partial charge in [0.15, 0.2) is 11.4 Å². The van der Waals surface area contributed by atoms with E-state index >= 15 is 4.79 Å². The van der Waals surface area contributed by atoms with Crippen LogP contribution in [0.25, 0.3) is 10.8 Å². The van der Waals surface area contributed by atoms with E-state index in [0.717, 1.165) is 11.1 Å². The maximum Gasteiger partial charge on any atom is 0.312 e. The van der Waals surface area contributed by atoms with Gasteiger partial charge in [-0.1, -0.05) is 107 Å². The molecule has 0 saturated carbocycles. The lowest BCUT2D eigenvalue weighted by atomic mass is 9.78. The van der Waals surface area contributed by atoms with E-state index in [2.05, 4.69) is 10.6 Å². The molecular weight excluding hydrogens is 881 g/mol. The molecule has 15 nitrogen and oxygen atoms in total. The van der Waals surface area contributed by atoms with Gasteiger partial charge in [-0.3, -0.25) is 24.4 Å². The number of esters is 1. The highest BCUT2D eigenvalue weighted by Gasteiger charge is 2.51. The first-order valence-corrected chi connectivity index (χ1v) is 23.5. The molecule has 1 fully saturated rings. The Morgan fingerprint density at radius 3 is 2.01 bits per heavy atom. The summed E-state index contributed by atoms with van der Waals surface area (Å²) in [5.41, 5.74) is 1.07.